The van der Waals surface area contributed by atoms with Crippen LogP contribution in [0.25, 0.3) is 0 Å². The first-order valence-corrected chi connectivity index (χ1v) is 10.4. The fourth-order valence-electron chi connectivity index (χ4n) is 4.15. The van der Waals surface area contributed by atoms with Gasteiger partial charge in [0.25, 0.3) is 5.91 Å². The fourth-order valence-corrected chi connectivity index (χ4v) is 4.33. The number of rotatable bonds is 5. The number of anilines is 1. The van der Waals surface area contributed by atoms with E-state index in [4.69, 9.17) is 16.3 Å². The number of hydrogen-bond acceptors (Lipinski definition) is 5. The lowest BCUT2D eigenvalue weighted by Crippen LogP contribution is -2.47. The predicted octanol–water partition coefficient (Wildman–Crippen LogP) is 2.80. The maximum Gasteiger partial charge on any atom is 0.271 e. The lowest BCUT2D eigenvalue weighted by molar-refractivity contribution is -0.122. The van der Waals surface area contributed by atoms with Crippen molar-refractivity contribution in [3.05, 3.63) is 52.8 Å². The van der Waals surface area contributed by atoms with Gasteiger partial charge >= 0.3 is 0 Å². The van der Waals surface area contributed by atoms with E-state index >= 15 is 0 Å². The molecule has 1 fully saturated rings. The number of halogens is 1. The molecule has 158 valence electrons. The van der Waals surface area contributed by atoms with Gasteiger partial charge in [0.15, 0.2) is 0 Å². The summed E-state index contributed by atoms with van der Waals surface area (Å²) in [5.74, 6) is 0.578. The highest BCUT2D eigenvalue weighted by molar-refractivity contribution is 6.31. The second kappa shape index (κ2) is 8.24. The number of aromatic nitrogens is 1. The molecule has 3 heterocycles. The monoisotopic (exact) mass is 428 g/mol. The van der Waals surface area contributed by atoms with Gasteiger partial charge in [0.1, 0.15) is 18.1 Å². The number of piperidine rings is 1. The Morgan fingerprint density at radius 1 is 1.27 bits per heavy atom. The number of fused-ring (bicyclic) bond motifs is 2. The summed E-state index contributed by atoms with van der Waals surface area (Å²) >= 11 is 6.18. The minimum absolute atomic E-state index is 0.0779. The summed E-state index contributed by atoms with van der Waals surface area (Å²) in [6.07, 6.45) is 3.09. The first-order valence-electron chi connectivity index (χ1n) is 10.0. The van der Waals surface area contributed by atoms with Gasteiger partial charge in [-0.3, -0.25) is 14.5 Å². The molecule has 1 aromatic heterocycles. The number of likely N-dealkylation sites (tertiary alicyclic amines) is 1. The van der Waals surface area contributed by atoms with E-state index in [0.717, 1.165) is 43.7 Å². The van der Waals surface area contributed by atoms with Gasteiger partial charge < -0.3 is 15.0 Å². The van der Waals surface area contributed by atoms with Crippen LogP contribution in [0.5, 0.6) is 5.75 Å². The van der Waals surface area contributed by atoms with Crippen LogP contribution in [0.3, 0.4) is 0 Å². The van der Waals surface area contributed by atoms with Gasteiger partial charge in [0, 0.05) is 31.4 Å². The number of benzene rings is 1. The molecule has 1 spiro atoms. The highest BCUT2D eigenvalue weighted by atomic mass is 35.5. The summed E-state index contributed by atoms with van der Waals surface area (Å²) < 4.78 is 5.79. The Hall–Kier alpha value is -2.64. The number of nitrogens with zero attached hydrogens (tertiary/aromatic N) is 3. The lowest BCUT2D eigenvalue weighted by Gasteiger charge is -2.37. The molecular weight excluding hydrogens is 404 g/mol. The van der Waals surface area contributed by atoms with Crippen LogP contribution in [0.2, 0.25) is 5.02 Å². The minimum atomic E-state index is -0.476. The first-order chi connectivity index (χ1) is 14.4. The first kappa shape index (κ1) is 20.6. The fraction of sp³-hybridized carbons (Fsp3) is 0.409. The van der Waals surface area contributed by atoms with E-state index in [1.54, 1.807) is 32.4 Å². The van der Waals surface area contributed by atoms with Gasteiger partial charge in [-0.25, -0.2) is 4.98 Å². The molecule has 0 bridgehead atoms. The molecule has 0 atom stereocenters. The van der Waals surface area contributed by atoms with E-state index < -0.39 is 5.41 Å². The number of ether oxygens (including phenoxy) is 1. The number of carbonyl (C=O) groups excluding carboxylic acids is 2. The summed E-state index contributed by atoms with van der Waals surface area (Å²) in [4.78, 5) is 32.6. The zero-order chi connectivity index (χ0) is 21.3. The molecule has 7 nitrogen and oxygen atoms in total. The third kappa shape index (κ3) is 3.87. The molecule has 2 aromatic rings. The Labute approximate surface area is 181 Å². The Balaban J connectivity index is 1.30. The second-order valence-corrected chi connectivity index (χ2v) is 8.43. The van der Waals surface area contributed by atoms with Gasteiger partial charge in [0.2, 0.25) is 5.91 Å². The standard InChI is InChI=1S/C22H25ClN4O3/c1-26(2)20(28)19-6-4-16(14-24-19)30-12-11-27-9-7-22(8-10-27)17-13-15(23)3-5-18(17)25-21(22)29/h3-6,13-14H,7-12H2,1-2H3,(H,25,29). The average molecular weight is 429 g/mol. The van der Waals surface area contributed by atoms with Crippen molar-refractivity contribution in [1.29, 1.82) is 0 Å². The molecule has 2 aliphatic rings. The van der Waals surface area contributed by atoms with Gasteiger partial charge in [0.05, 0.1) is 11.6 Å². The van der Waals surface area contributed by atoms with E-state index in [9.17, 15) is 9.59 Å². The molecule has 0 aliphatic carbocycles. The van der Waals surface area contributed by atoms with E-state index in [0.29, 0.717) is 23.1 Å². The van der Waals surface area contributed by atoms with E-state index in [1.807, 2.05) is 18.2 Å². The molecule has 4 rings (SSSR count). The third-order valence-electron chi connectivity index (χ3n) is 5.93. The maximum absolute atomic E-state index is 12.7. The maximum atomic E-state index is 12.7. The highest BCUT2D eigenvalue weighted by Crippen LogP contribution is 2.45. The third-order valence-corrected chi connectivity index (χ3v) is 6.16. The molecule has 1 saturated heterocycles. The number of nitrogens with one attached hydrogen (secondary N) is 1. The van der Waals surface area contributed by atoms with Crippen molar-refractivity contribution in [2.75, 3.05) is 45.7 Å². The molecular formula is C22H25ClN4O3. The van der Waals surface area contributed by atoms with Crippen molar-refractivity contribution in [2.45, 2.75) is 18.3 Å². The Morgan fingerprint density at radius 3 is 2.70 bits per heavy atom. The molecule has 30 heavy (non-hydrogen) atoms. The quantitative estimate of drug-likeness (QED) is 0.792. The molecule has 2 amide bonds. The normalized spacial score (nSPS) is 17.5. The zero-order valence-electron chi connectivity index (χ0n) is 17.2. The van der Waals surface area contributed by atoms with Crippen LogP contribution in [-0.4, -0.2) is 66.9 Å². The van der Waals surface area contributed by atoms with Crippen molar-refractivity contribution in [1.82, 2.24) is 14.8 Å². The zero-order valence-corrected chi connectivity index (χ0v) is 17.9. The number of pyridine rings is 1. The van der Waals surface area contributed by atoms with Crippen molar-refractivity contribution in [2.24, 2.45) is 0 Å². The van der Waals surface area contributed by atoms with Crippen LogP contribution in [0.1, 0.15) is 28.9 Å². The average Bonchev–Trinajstić information content (AvgIpc) is 3.00. The van der Waals surface area contributed by atoms with Crippen molar-refractivity contribution < 1.29 is 14.3 Å². The van der Waals surface area contributed by atoms with Gasteiger partial charge in [-0.05, 0) is 61.8 Å². The number of hydrogen-bond donors (Lipinski definition) is 1. The lowest BCUT2D eigenvalue weighted by atomic mass is 9.73. The van der Waals surface area contributed by atoms with Gasteiger partial charge in [-0.2, -0.15) is 0 Å². The highest BCUT2D eigenvalue weighted by Gasteiger charge is 2.48. The van der Waals surface area contributed by atoms with Crippen LogP contribution < -0.4 is 10.1 Å². The van der Waals surface area contributed by atoms with Gasteiger partial charge in [-0.15, -0.1) is 0 Å². The van der Waals surface area contributed by atoms with Crippen molar-refractivity contribution >= 4 is 29.1 Å². The van der Waals surface area contributed by atoms with E-state index in [-0.39, 0.29) is 11.8 Å². The summed E-state index contributed by atoms with van der Waals surface area (Å²) in [7, 11) is 3.39. The van der Waals surface area contributed by atoms with Crippen LogP contribution in [0.4, 0.5) is 5.69 Å². The Morgan fingerprint density at radius 2 is 2.03 bits per heavy atom. The van der Waals surface area contributed by atoms with Crippen molar-refractivity contribution in [3.8, 4) is 5.75 Å². The molecule has 1 N–H and O–H groups in total. The largest absolute Gasteiger partial charge is 0.491 e. The van der Waals surface area contributed by atoms with Crippen molar-refractivity contribution in [3.63, 3.8) is 0 Å². The van der Waals surface area contributed by atoms with Gasteiger partial charge in [-0.1, -0.05) is 11.6 Å². The molecule has 1 aromatic carbocycles. The van der Waals surface area contributed by atoms with E-state index in [2.05, 4.69) is 15.2 Å². The Kier molecular flexibility index (Phi) is 5.66. The minimum Gasteiger partial charge on any atom is -0.491 e. The van der Waals surface area contributed by atoms with Crippen LogP contribution in [0, 0.1) is 0 Å². The molecule has 0 unspecified atom stereocenters. The summed E-state index contributed by atoms with van der Waals surface area (Å²) in [5.41, 5.74) is 1.82. The van der Waals surface area contributed by atoms with Crippen LogP contribution in [0.15, 0.2) is 36.5 Å². The molecule has 0 radical (unpaired) electrons. The number of carbonyl (C=O) groups is 2. The van der Waals surface area contributed by atoms with Crippen LogP contribution in [-0.2, 0) is 10.2 Å². The smallest absolute Gasteiger partial charge is 0.271 e. The van der Waals surface area contributed by atoms with Crippen LogP contribution >= 0.6 is 11.6 Å². The molecule has 0 saturated carbocycles. The molecule has 8 heteroatoms. The summed E-state index contributed by atoms with van der Waals surface area (Å²) in [6.45, 7) is 2.91. The van der Waals surface area contributed by atoms with E-state index in [1.165, 1.54) is 4.90 Å². The second-order valence-electron chi connectivity index (χ2n) is 7.99. The molecule has 2 aliphatic heterocycles. The Bertz CT molecular complexity index is 953. The summed E-state index contributed by atoms with van der Waals surface area (Å²) in [5, 5.41) is 3.67. The summed E-state index contributed by atoms with van der Waals surface area (Å²) in [6, 6.07) is 9.05. The SMILES string of the molecule is CN(C)C(=O)c1ccc(OCCN2CCC3(CC2)C(=O)Nc2ccc(Cl)cc23)cn1. The number of amides is 2. The topological polar surface area (TPSA) is 74.8 Å². The predicted molar refractivity (Wildman–Crippen MR) is 115 cm³/mol.